The number of furan rings is 1. The predicted molar refractivity (Wildman–Crippen MR) is 126 cm³/mol. The summed E-state index contributed by atoms with van der Waals surface area (Å²) >= 11 is 0. The van der Waals surface area contributed by atoms with Crippen molar-refractivity contribution in [1.29, 1.82) is 0 Å². The summed E-state index contributed by atoms with van der Waals surface area (Å²) in [4.78, 5) is 6.65. The first kappa shape index (κ1) is 27.2. The first-order chi connectivity index (χ1) is 14.3. The summed E-state index contributed by atoms with van der Waals surface area (Å²) in [5, 5.41) is 6.53. The van der Waals surface area contributed by atoms with Gasteiger partial charge in [-0.3, -0.25) is 4.90 Å². The van der Waals surface area contributed by atoms with Crippen LogP contribution in [0.1, 0.15) is 29.9 Å². The molecule has 0 spiro atoms. The molecule has 0 aliphatic carbocycles. The van der Waals surface area contributed by atoms with Crippen LogP contribution in [0.25, 0.3) is 0 Å². The summed E-state index contributed by atoms with van der Waals surface area (Å²) in [6.45, 7) is 2.43. The van der Waals surface area contributed by atoms with Crippen molar-refractivity contribution in [3.05, 3.63) is 59.5 Å². The lowest BCUT2D eigenvalue weighted by Gasteiger charge is -2.23. The average molecular weight is 554 g/mol. The van der Waals surface area contributed by atoms with Crippen LogP contribution in [0.15, 0.2) is 52.1 Å². The Morgan fingerprint density at radius 1 is 1.13 bits per heavy atom. The van der Waals surface area contributed by atoms with E-state index in [2.05, 4.69) is 25.3 Å². The van der Waals surface area contributed by atoms with Gasteiger partial charge in [0.2, 0.25) is 0 Å². The number of aliphatic imine (C=N–C) groups is 1. The van der Waals surface area contributed by atoms with Crippen LogP contribution in [0.5, 0.6) is 0 Å². The van der Waals surface area contributed by atoms with Crippen molar-refractivity contribution in [2.75, 3.05) is 33.8 Å². The van der Waals surface area contributed by atoms with Gasteiger partial charge in [0.15, 0.2) is 5.96 Å². The number of ether oxygens (including phenoxy) is 1. The molecule has 0 radical (unpaired) electrons. The fourth-order valence-electron chi connectivity index (χ4n) is 2.75. The SMILES string of the molecule is CCNC(=NCc1ccc(COCC(F)(F)F)cc1)NCC(c1ccco1)N(C)C.I. The Labute approximate surface area is 198 Å². The van der Waals surface area contributed by atoms with E-state index in [1.807, 2.05) is 45.3 Å². The first-order valence-corrected chi connectivity index (χ1v) is 9.73. The largest absolute Gasteiger partial charge is 0.468 e. The molecule has 1 atom stereocenters. The number of halogens is 4. The highest BCUT2D eigenvalue weighted by molar-refractivity contribution is 14.0. The van der Waals surface area contributed by atoms with E-state index in [1.165, 1.54) is 0 Å². The Balaban J connectivity index is 0.00000480. The van der Waals surface area contributed by atoms with Crippen LogP contribution in [-0.2, 0) is 17.9 Å². The van der Waals surface area contributed by atoms with Crippen molar-refractivity contribution in [2.45, 2.75) is 32.3 Å². The second-order valence-electron chi connectivity index (χ2n) is 7.00. The molecule has 1 heterocycles. The van der Waals surface area contributed by atoms with Gasteiger partial charge in [-0.1, -0.05) is 24.3 Å². The van der Waals surface area contributed by atoms with Gasteiger partial charge in [0.25, 0.3) is 0 Å². The number of rotatable bonds is 10. The predicted octanol–water partition coefficient (Wildman–Crippen LogP) is 4.33. The minimum absolute atomic E-state index is 0. The molecule has 174 valence electrons. The second-order valence-corrected chi connectivity index (χ2v) is 7.00. The Bertz CT molecular complexity index is 766. The molecule has 0 saturated carbocycles. The zero-order chi connectivity index (χ0) is 22.0. The molecule has 1 aromatic carbocycles. The van der Waals surface area contributed by atoms with E-state index in [9.17, 15) is 13.2 Å². The molecule has 0 fully saturated rings. The van der Waals surface area contributed by atoms with Crippen LogP contribution in [0.2, 0.25) is 0 Å². The summed E-state index contributed by atoms with van der Waals surface area (Å²) < 4.78 is 46.6. The fourth-order valence-corrected chi connectivity index (χ4v) is 2.75. The molecule has 0 saturated heterocycles. The van der Waals surface area contributed by atoms with Gasteiger partial charge in [0.05, 0.1) is 25.5 Å². The molecular weight excluding hydrogens is 524 g/mol. The number of alkyl halides is 3. The minimum Gasteiger partial charge on any atom is -0.468 e. The van der Waals surface area contributed by atoms with Crippen LogP contribution in [0.4, 0.5) is 13.2 Å². The van der Waals surface area contributed by atoms with Crippen molar-refractivity contribution >= 4 is 29.9 Å². The zero-order valence-corrected chi connectivity index (χ0v) is 20.2. The number of hydrogen-bond donors (Lipinski definition) is 2. The quantitative estimate of drug-likeness (QED) is 0.260. The minimum atomic E-state index is -4.31. The van der Waals surface area contributed by atoms with Crippen LogP contribution >= 0.6 is 24.0 Å². The van der Waals surface area contributed by atoms with Gasteiger partial charge in [-0.25, -0.2) is 4.99 Å². The highest BCUT2D eigenvalue weighted by atomic mass is 127. The molecule has 0 aliphatic heterocycles. The summed E-state index contributed by atoms with van der Waals surface area (Å²) in [7, 11) is 3.97. The highest BCUT2D eigenvalue weighted by Crippen LogP contribution is 2.18. The monoisotopic (exact) mass is 554 g/mol. The first-order valence-electron chi connectivity index (χ1n) is 9.73. The van der Waals surface area contributed by atoms with Gasteiger partial charge in [0, 0.05) is 13.1 Å². The molecule has 6 nitrogen and oxygen atoms in total. The Hall–Kier alpha value is -1.79. The topological polar surface area (TPSA) is 62.0 Å². The Kier molecular flexibility index (Phi) is 11.9. The second kappa shape index (κ2) is 13.6. The number of benzene rings is 1. The van der Waals surface area contributed by atoms with Crippen molar-refractivity contribution in [2.24, 2.45) is 4.99 Å². The third kappa shape index (κ3) is 10.4. The van der Waals surface area contributed by atoms with E-state index >= 15 is 0 Å². The molecule has 0 amide bonds. The number of hydrogen-bond acceptors (Lipinski definition) is 4. The van der Waals surface area contributed by atoms with E-state index in [0.29, 0.717) is 31.2 Å². The molecule has 0 aliphatic rings. The maximum absolute atomic E-state index is 12.1. The van der Waals surface area contributed by atoms with Crippen molar-refractivity contribution in [3.63, 3.8) is 0 Å². The van der Waals surface area contributed by atoms with Crippen molar-refractivity contribution in [3.8, 4) is 0 Å². The molecule has 2 aromatic rings. The number of nitrogens with zero attached hydrogens (tertiary/aromatic N) is 2. The normalized spacial score (nSPS) is 13.1. The number of nitrogens with one attached hydrogen (secondary N) is 2. The Morgan fingerprint density at radius 2 is 1.81 bits per heavy atom. The van der Waals surface area contributed by atoms with E-state index < -0.39 is 12.8 Å². The molecular formula is C21H30F3IN4O2. The maximum atomic E-state index is 12.1. The van der Waals surface area contributed by atoms with Crippen LogP contribution < -0.4 is 10.6 Å². The highest BCUT2D eigenvalue weighted by Gasteiger charge is 2.27. The number of likely N-dealkylation sites (N-methyl/N-ethyl adjacent to an activating group) is 1. The molecule has 1 unspecified atom stereocenters. The maximum Gasteiger partial charge on any atom is 0.411 e. The van der Waals surface area contributed by atoms with Crippen molar-refractivity contribution < 1.29 is 22.3 Å². The molecule has 2 N–H and O–H groups in total. The van der Waals surface area contributed by atoms with Gasteiger partial charge >= 0.3 is 6.18 Å². The Morgan fingerprint density at radius 3 is 2.35 bits per heavy atom. The fraction of sp³-hybridized carbons (Fsp3) is 0.476. The lowest BCUT2D eigenvalue weighted by atomic mass is 10.1. The third-order valence-corrected chi connectivity index (χ3v) is 4.28. The van der Waals surface area contributed by atoms with E-state index in [0.717, 1.165) is 11.3 Å². The molecule has 10 heteroatoms. The summed E-state index contributed by atoms with van der Waals surface area (Å²) in [6.07, 6.45) is -2.66. The van der Waals surface area contributed by atoms with E-state index in [4.69, 9.17) is 4.42 Å². The lowest BCUT2D eigenvalue weighted by Crippen LogP contribution is -2.41. The van der Waals surface area contributed by atoms with Crippen LogP contribution in [0.3, 0.4) is 0 Å². The van der Waals surface area contributed by atoms with Gasteiger partial charge < -0.3 is 19.8 Å². The van der Waals surface area contributed by atoms with E-state index in [1.54, 1.807) is 18.4 Å². The number of guanidine groups is 1. The molecule has 0 bridgehead atoms. The lowest BCUT2D eigenvalue weighted by molar-refractivity contribution is -0.176. The van der Waals surface area contributed by atoms with Gasteiger partial charge in [-0.05, 0) is 44.3 Å². The molecule has 2 rings (SSSR count). The third-order valence-electron chi connectivity index (χ3n) is 4.28. The summed E-state index contributed by atoms with van der Waals surface area (Å²) in [5.41, 5.74) is 1.63. The van der Waals surface area contributed by atoms with Crippen molar-refractivity contribution in [1.82, 2.24) is 15.5 Å². The van der Waals surface area contributed by atoms with E-state index in [-0.39, 0.29) is 36.6 Å². The smallest absolute Gasteiger partial charge is 0.411 e. The zero-order valence-electron chi connectivity index (χ0n) is 17.9. The van der Waals surface area contributed by atoms with Gasteiger partial charge in [-0.15, -0.1) is 24.0 Å². The molecule has 31 heavy (non-hydrogen) atoms. The van der Waals surface area contributed by atoms with Crippen LogP contribution in [0, 0.1) is 0 Å². The van der Waals surface area contributed by atoms with Gasteiger partial charge in [-0.2, -0.15) is 13.2 Å². The molecule has 1 aromatic heterocycles. The van der Waals surface area contributed by atoms with Gasteiger partial charge in [0.1, 0.15) is 12.4 Å². The standard InChI is InChI=1S/C21H29F3N4O2.HI/c1-4-25-20(27-13-18(28(2)3)19-6-5-11-30-19)26-12-16-7-9-17(10-8-16)14-29-15-21(22,23)24;/h5-11,18H,4,12-15H2,1-3H3,(H2,25,26,27);1H. The van der Waals surface area contributed by atoms with Crippen LogP contribution in [-0.4, -0.2) is 50.8 Å². The summed E-state index contributed by atoms with van der Waals surface area (Å²) in [5.74, 6) is 1.54. The summed E-state index contributed by atoms with van der Waals surface area (Å²) in [6, 6.07) is 11.0. The average Bonchev–Trinajstić information content (AvgIpc) is 3.20.